The first-order valence-electron chi connectivity index (χ1n) is 4.10. The average Bonchev–Trinajstić information content (AvgIpc) is 1.98. The summed E-state index contributed by atoms with van der Waals surface area (Å²) in [4.78, 5) is 0. The Balaban J connectivity index is 4.58. The summed E-state index contributed by atoms with van der Waals surface area (Å²) >= 11 is 15.8. The van der Waals surface area contributed by atoms with Crippen LogP contribution in [0.2, 0.25) is 6.04 Å². The van der Waals surface area contributed by atoms with E-state index in [2.05, 4.69) is 0 Å². The van der Waals surface area contributed by atoms with Crippen molar-refractivity contribution in [2.24, 2.45) is 0 Å². The van der Waals surface area contributed by atoms with E-state index >= 15 is 0 Å². The highest BCUT2D eigenvalue weighted by molar-refractivity contribution is 7.64. The van der Waals surface area contributed by atoms with Gasteiger partial charge in [-0.3, -0.25) is 0 Å². The molecule has 0 aromatic carbocycles. The third-order valence-corrected chi connectivity index (χ3v) is 4.39. The molecule has 0 nitrogen and oxygen atoms in total. The summed E-state index contributed by atoms with van der Waals surface area (Å²) in [5, 5.41) is 0. The van der Waals surface area contributed by atoms with E-state index in [0.29, 0.717) is 0 Å². The first-order valence-corrected chi connectivity index (χ1v) is 9.34. The van der Waals surface area contributed by atoms with E-state index in [1.54, 1.807) is 0 Å². The van der Waals surface area contributed by atoms with Crippen LogP contribution in [-0.4, -0.2) is 24.0 Å². The van der Waals surface area contributed by atoms with Gasteiger partial charge in [0.15, 0.2) is 0 Å². The lowest BCUT2D eigenvalue weighted by Crippen LogP contribution is -2.51. The third-order valence-electron chi connectivity index (χ3n) is 1.77. The van der Waals surface area contributed by atoms with E-state index in [9.17, 15) is 30.7 Å². The minimum atomic E-state index is -6.31. The molecule has 0 heterocycles. The second-order valence-electron chi connectivity index (χ2n) is 3.25. The Bertz CT molecular complexity index is 259. The molecule has 17 heavy (non-hydrogen) atoms. The lowest BCUT2D eigenvalue weighted by atomic mass is 10.1. The Kier molecular flexibility index (Phi) is 5.49. The molecule has 0 unspecified atom stereocenters. The highest BCUT2D eigenvalue weighted by Gasteiger charge is 2.72. The van der Waals surface area contributed by atoms with Gasteiger partial charge in [-0.05, 0) is 12.5 Å². The summed E-state index contributed by atoms with van der Waals surface area (Å²) in [5.74, 6) is -11.3. The van der Waals surface area contributed by atoms with E-state index in [4.69, 9.17) is 33.2 Å². The maximum absolute atomic E-state index is 12.7. The van der Waals surface area contributed by atoms with Crippen molar-refractivity contribution < 1.29 is 30.7 Å². The van der Waals surface area contributed by atoms with E-state index in [-0.39, 0.29) is 0 Å². The fourth-order valence-electron chi connectivity index (χ4n) is 0.875. The molecule has 0 rings (SSSR count). The van der Waals surface area contributed by atoms with Crippen LogP contribution in [0.3, 0.4) is 0 Å². The highest BCUT2D eigenvalue weighted by Crippen LogP contribution is 2.48. The van der Waals surface area contributed by atoms with E-state index < -0.39 is 42.9 Å². The van der Waals surface area contributed by atoms with Gasteiger partial charge in [0, 0.05) is 6.42 Å². The monoisotopic (exact) mass is 344 g/mol. The molecule has 0 bridgehead atoms. The van der Waals surface area contributed by atoms with Crippen LogP contribution in [0.25, 0.3) is 0 Å². The Morgan fingerprint density at radius 3 is 1.53 bits per heavy atom. The highest BCUT2D eigenvalue weighted by atomic mass is 35.8. The summed E-state index contributed by atoms with van der Waals surface area (Å²) < 4.78 is 85.2. The molecule has 104 valence electrons. The number of halogens is 10. The van der Waals surface area contributed by atoms with Gasteiger partial charge >= 0.3 is 24.0 Å². The lowest BCUT2D eigenvalue weighted by Gasteiger charge is -2.28. The zero-order valence-electron chi connectivity index (χ0n) is 7.90. The molecule has 0 fully saturated rings. The molecule has 0 saturated heterocycles. The predicted octanol–water partition coefficient (Wildman–Crippen LogP) is 5.25. The molecule has 0 aliphatic rings. The van der Waals surface area contributed by atoms with E-state index in [1.807, 2.05) is 0 Å². The van der Waals surface area contributed by atoms with Gasteiger partial charge < -0.3 is 0 Å². The zero-order chi connectivity index (χ0) is 14.1. The van der Waals surface area contributed by atoms with Gasteiger partial charge in [0.1, 0.15) is 0 Å². The minimum absolute atomic E-state index is 0.415. The maximum atomic E-state index is 12.7. The van der Waals surface area contributed by atoms with Crippen molar-refractivity contribution in [3.63, 3.8) is 0 Å². The fraction of sp³-hybridized carbons (Fsp3) is 1.00. The number of rotatable bonds is 5. The van der Waals surface area contributed by atoms with Crippen LogP contribution in [0.4, 0.5) is 30.7 Å². The Morgan fingerprint density at radius 2 is 1.24 bits per heavy atom. The standard InChI is InChI=1S/C6H6Cl3F7Si/c7-17(8,9)3-1-2-4(10,11)5(12,13)6(14,15)16/h1-3H2. The van der Waals surface area contributed by atoms with Crippen LogP contribution in [0.15, 0.2) is 0 Å². The van der Waals surface area contributed by atoms with E-state index in [0.717, 1.165) is 0 Å². The number of hydrogen-bond acceptors (Lipinski definition) is 0. The molecule has 0 aliphatic heterocycles. The Labute approximate surface area is 107 Å². The smallest absolute Gasteiger partial charge is 0.200 e. The normalized spacial score (nSPS) is 15.2. The molecule has 0 aliphatic carbocycles. The Hall–Kier alpha value is 0.597. The van der Waals surface area contributed by atoms with Gasteiger partial charge in [0.25, 0.3) is 0 Å². The Morgan fingerprint density at radius 1 is 0.824 bits per heavy atom. The summed E-state index contributed by atoms with van der Waals surface area (Å²) in [7, 11) is 0. The number of alkyl halides is 7. The second kappa shape index (κ2) is 5.30. The molecular weight excluding hydrogens is 339 g/mol. The van der Waals surface area contributed by atoms with Gasteiger partial charge in [0.05, 0.1) is 0 Å². The van der Waals surface area contributed by atoms with Crippen molar-refractivity contribution in [3.8, 4) is 0 Å². The summed E-state index contributed by atoms with van der Waals surface area (Å²) in [5.41, 5.74) is 0. The van der Waals surface area contributed by atoms with Crippen LogP contribution in [-0.2, 0) is 0 Å². The molecule has 0 aromatic rings. The van der Waals surface area contributed by atoms with Gasteiger partial charge in [-0.2, -0.15) is 30.7 Å². The molecule has 0 N–H and O–H groups in total. The van der Waals surface area contributed by atoms with E-state index in [1.165, 1.54) is 0 Å². The van der Waals surface area contributed by atoms with Crippen LogP contribution >= 0.6 is 33.2 Å². The lowest BCUT2D eigenvalue weighted by molar-refractivity contribution is -0.355. The van der Waals surface area contributed by atoms with Crippen LogP contribution in [0, 0.1) is 0 Å². The molecule has 0 saturated carbocycles. The SMILES string of the molecule is FC(F)(F)C(F)(F)C(F)(F)CCC[Si](Cl)(Cl)Cl. The van der Waals surface area contributed by atoms with Crippen molar-refractivity contribution in [2.75, 3.05) is 0 Å². The first-order chi connectivity index (χ1) is 7.21. The van der Waals surface area contributed by atoms with Crippen molar-refractivity contribution in [1.29, 1.82) is 0 Å². The van der Waals surface area contributed by atoms with Gasteiger partial charge in [-0.25, -0.2) is 0 Å². The second-order valence-corrected chi connectivity index (χ2v) is 12.5. The molecule has 0 radical (unpaired) electrons. The molecule has 0 spiro atoms. The van der Waals surface area contributed by atoms with Crippen LogP contribution in [0.5, 0.6) is 0 Å². The maximum Gasteiger partial charge on any atom is 0.459 e. The molecular formula is C6H6Cl3F7Si. The third kappa shape index (κ3) is 5.00. The zero-order valence-corrected chi connectivity index (χ0v) is 11.2. The van der Waals surface area contributed by atoms with Crippen molar-refractivity contribution in [1.82, 2.24) is 0 Å². The fourth-order valence-corrected chi connectivity index (χ4v) is 2.66. The molecule has 0 atom stereocenters. The predicted molar refractivity (Wildman–Crippen MR) is 53.3 cm³/mol. The molecule has 11 heteroatoms. The topological polar surface area (TPSA) is 0 Å². The van der Waals surface area contributed by atoms with Crippen molar-refractivity contribution in [2.45, 2.75) is 36.9 Å². The minimum Gasteiger partial charge on any atom is -0.200 e. The van der Waals surface area contributed by atoms with Gasteiger partial charge in [-0.1, -0.05) is 0 Å². The molecule has 0 amide bonds. The largest absolute Gasteiger partial charge is 0.459 e. The summed E-state index contributed by atoms with van der Waals surface area (Å²) in [6.07, 6.45) is -8.73. The summed E-state index contributed by atoms with van der Waals surface area (Å²) in [6.45, 7) is 0. The van der Waals surface area contributed by atoms with Crippen molar-refractivity contribution >= 4 is 39.2 Å². The molecule has 0 aromatic heterocycles. The summed E-state index contributed by atoms with van der Waals surface area (Å²) in [6, 6.07) is -3.72. The van der Waals surface area contributed by atoms with Crippen LogP contribution in [0.1, 0.15) is 12.8 Å². The van der Waals surface area contributed by atoms with Gasteiger partial charge in [-0.15, -0.1) is 33.2 Å². The first kappa shape index (κ1) is 17.6. The van der Waals surface area contributed by atoms with Crippen LogP contribution < -0.4 is 0 Å². The van der Waals surface area contributed by atoms with Crippen molar-refractivity contribution in [3.05, 3.63) is 0 Å². The van der Waals surface area contributed by atoms with Gasteiger partial charge in [0.2, 0.25) is 0 Å². The quantitative estimate of drug-likeness (QED) is 0.362. The average molecular weight is 346 g/mol. The number of hydrogen-bond donors (Lipinski definition) is 0.